The highest BCUT2D eigenvalue weighted by Crippen LogP contribution is 2.33. The molecular formula is C16H10Cl4O4. The number of rotatable bonds is 5. The maximum absolute atomic E-state index is 11.8. The van der Waals surface area contributed by atoms with Gasteiger partial charge in [0.1, 0.15) is 5.02 Å². The third-order valence-corrected chi connectivity index (χ3v) is 4.20. The molecule has 0 heterocycles. The SMILES string of the molecule is O=C(CCC(=O)Oc1c(Cl)cccc1Cl)Oc1cccc(Cl)c1Cl. The van der Waals surface area contributed by atoms with E-state index in [0.717, 1.165) is 0 Å². The minimum atomic E-state index is -0.667. The summed E-state index contributed by atoms with van der Waals surface area (Å²) in [6, 6.07) is 9.33. The van der Waals surface area contributed by atoms with Crippen LogP contribution in [0.5, 0.6) is 11.5 Å². The minimum Gasteiger partial charge on any atom is -0.425 e. The van der Waals surface area contributed by atoms with Crippen molar-refractivity contribution in [3.05, 3.63) is 56.5 Å². The molecule has 0 unspecified atom stereocenters. The normalized spacial score (nSPS) is 10.3. The molecule has 2 rings (SSSR count). The van der Waals surface area contributed by atoms with Crippen LogP contribution in [0.2, 0.25) is 20.1 Å². The number of carbonyl (C=O) groups is 2. The molecular weight excluding hydrogens is 398 g/mol. The molecule has 0 radical (unpaired) electrons. The standard InChI is InChI=1S/C16H10Cl4O4/c17-9-3-2-6-12(15(9)20)23-13(21)7-8-14(22)24-16-10(18)4-1-5-11(16)19/h1-6H,7-8H2. The van der Waals surface area contributed by atoms with Crippen LogP contribution in [-0.2, 0) is 9.59 Å². The Morgan fingerprint density at radius 2 is 1.25 bits per heavy atom. The molecule has 0 amide bonds. The van der Waals surface area contributed by atoms with Gasteiger partial charge >= 0.3 is 11.9 Å². The first kappa shape index (κ1) is 18.9. The van der Waals surface area contributed by atoms with E-state index in [1.165, 1.54) is 18.2 Å². The number of halogens is 4. The van der Waals surface area contributed by atoms with Gasteiger partial charge in [-0.15, -0.1) is 0 Å². The third kappa shape index (κ3) is 5.02. The Kier molecular flexibility index (Phi) is 6.75. The fraction of sp³-hybridized carbons (Fsp3) is 0.125. The van der Waals surface area contributed by atoms with E-state index in [9.17, 15) is 9.59 Å². The summed E-state index contributed by atoms with van der Waals surface area (Å²) in [6.45, 7) is 0. The summed E-state index contributed by atoms with van der Waals surface area (Å²) in [5.74, 6) is -1.14. The number of carbonyl (C=O) groups excluding carboxylic acids is 2. The summed E-state index contributed by atoms with van der Waals surface area (Å²) in [7, 11) is 0. The number of hydrogen-bond donors (Lipinski definition) is 0. The smallest absolute Gasteiger partial charge is 0.311 e. The summed E-state index contributed by atoms with van der Waals surface area (Å²) in [6.07, 6.45) is -0.414. The molecule has 0 fully saturated rings. The van der Waals surface area contributed by atoms with Crippen LogP contribution < -0.4 is 9.47 Å². The van der Waals surface area contributed by atoms with E-state index in [4.69, 9.17) is 55.9 Å². The fourth-order valence-corrected chi connectivity index (χ4v) is 2.49. The van der Waals surface area contributed by atoms with E-state index in [2.05, 4.69) is 0 Å². The molecule has 0 saturated heterocycles. The topological polar surface area (TPSA) is 52.6 Å². The molecule has 0 atom stereocenters. The predicted molar refractivity (Wildman–Crippen MR) is 93.4 cm³/mol. The first-order chi connectivity index (χ1) is 11.4. The fourth-order valence-electron chi connectivity index (χ4n) is 1.69. The van der Waals surface area contributed by atoms with E-state index >= 15 is 0 Å². The third-order valence-electron chi connectivity index (χ3n) is 2.81. The zero-order valence-electron chi connectivity index (χ0n) is 12.0. The van der Waals surface area contributed by atoms with Crippen molar-refractivity contribution in [2.24, 2.45) is 0 Å². The molecule has 0 N–H and O–H groups in total. The maximum Gasteiger partial charge on any atom is 0.311 e. The minimum absolute atomic E-state index is 0.0529. The van der Waals surface area contributed by atoms with Gasteiger partial charge in [0.15, 0.2) is 11.5 Å². The van der Waals surface area contributed by atoms with E-state index in [-0.39, 0.29) is 44.4 Å². The lowest BCUT2D eigenvalue weighted by Gasteiger charge is -2.09. The molecule has 0 bridgehead atoms. The summed E-state index contributed by atoms with van der Waals surface area (Å²) in [5.41, 5.74) is 0. The van der Waals surface area contributed by atoms with Crippen LogP contribution in [-0.4, -0.2) is 11.9 Å². The predicted octanol–water partition coefficient (Wildman–Crippen LogP) is 5.59. The molecule has 0 aliphatic carbocycles. The van der Waals surface area contributed by atoms with E-state index in [1.807, 2.05) is 0 Å². The number of benzene rings is 2. The molecule has 8 heteroatoms. The summed E-state index contributed by atoms with van der Waals surface area (Å²) < 4.78 is 10.1. The molecule has 0 aliphatic heterocycles. The van der Waals surface area contributed by atoms with Gasteiger partial charge in [0.05, 0.1) is 27.9 Å². The average Bonchev–Trinajstić information content (AvgIpc) is 2.53. The van der Waals surface area contributed by atoms with Crippen molar-refractivity contribution in [1.29, 1.82) is 0 Å². The Morgan fingerprint density at radius 3 is 1.88 bits per heavy atom. The van der Waals surface area contributed by atoms with Crippen LogP contribution in [0.4, 0.5) is 0 Å². The molecule has 2 aromatic rings. The average molecular weight is 408 g/mol. The second kappa shape index (κ2) is 8.58. The zero-order chi connectivity index (χ0) is 17.7. The highest BCUT2D eigenvalue weighted by atomic mass is 35.5. The van der Waals surface area contributed by atoms with Gasteiger partial charge in [-0.3, -0.25) is 9.59 Å². The van der Waals surface area contributed by atoms with Crippen LogP contribution in [0.3, 0.4) is 0 Å². The van der Waals surface area contributed by atoms with Crippen LogP contribution in [0.15, 0.2) is 36.4 Å². The van der Waals surface area contributed by atoms with Crippen molar-refractivity contribution in [1.82, 2.24) is 0 Å². The molecule has 0 saturated carbocycles. The highest BCUT2D eigenvalue weighted by Gasteiger charge is 2.16. The van der Waals surface area contributed by atoms with Crippen molar-refractivity contribution < 1.29 is 19.1 Å². The Balaban J connectivity index is 1.90. The van der Waals surface area contributed by atoms with Crippen LogP contribution in [0.1, 0.15) is 12.8 Å². The van der Waals surface area contributed by atoms with Crippen molar-refractivity contribution in [3.63, 3.8) is 0 Å². The first-order valence-electron chi connectivity index (χ1n) is 6.68. The highest BCUT2D eigenvalue weighted by molar-refractivity contribution is 6.43. The molecule has 24 heavy (non-hydrogen) atoms. The van der Waals surface area contributed by atoms with Crippen LogP contribution >= 0.6 is 46.4 Å². The largest absolute Gasteiger partial charge is 0.425 e. The lowest BCUT2D eigenvalue weighted by Crippen LogP contribution is -2.14. The Hall–Kier alpha value is -1.46. The quantitative estimate of drug-likeness (QED) is 0.478. The second-order valence-corrected chi connectivity index (χ2v) is 6.15. The van der Waals surface area contributed by atoms with Gasteiger partial charge < -0.3 is 9.47 Å². The molecule has 0 aliphatic rings. The van der Waals surface area contributed by atoms with Gasteiger partial charge in [0.25, 0.3) is 0 Å². The van der Waals surface area contributed by atoms with Gasteiger partial charge in [0, 0.05) is 0 Å². The van der Waals surface area contributed by atoms with E-state index < -0.39 is 11.9 Å². The monoisotopic (exact) mass is 406 g/mol. The first-order valence-corrected chi connectivity index (χ1v) is 8.19. The van der Waals surface area contributed by atoms with Gasteiger partial charge in [-0.2, -0.15) is 0 Å². The summed E-state index contributed by atoms with van der Waals surface area (Å²) in [4.78, 5) is 23.6. The van der Waals surface area contributed by atoms with Crippen molar-refractivity contribution in [2.75, 3.05) is 0 Å². The molecule has 0 spiro atoms. The lowest BCUT2D eigenvalue weighted by molar-refractivity contribution is -0.140. The summed E-state index contributed by atoms with van der Waals surface area (Å²) >= 11 is 23.5. The molecule has 4 nitrogen and oxygen atoms in total. The van der Waals surface area contributed by atoms with Crippen molar-refractivity contribution >= 4 is 58.3 Å². The van der Waals surface area contributed by atoms with E-state index in [0.29, 0.717) is 0 Å². The van der Waals surface area contributed by atoms with Crippen LogP contribution in [0, 0.1) is 0 Å². The Morgan fingerprint density at radius 1 is 0.750 bits per heavy atom. The van der Waals surface area contributed by atoms with Crippen molar-refractivity contribution in [2.45, 2.75) is 12.8 Å². The lowest BCUT2D eigenvalue weighted by atomic mass is 10.3. The second-order valence-electron chi connectivity index (χ2n) is 4.55. The molecule has 2 aromatic carbocycles. The summed E-state index contributed by atoms with van der Waals surface area (Å²) in [5, 5.41) is 0.779. The van der Waals surface area contributed by atoms with Crippen molar-refractivity contribution in [3.8, 4) is 11.5 Å². The number of ether oxygens (including phenoxy) is 2. The van der Waals surface area contributed by atoms with Crippen LogP contribution in [0.25, 0.3) is 0 Å². The Bertz CT molecular complexity index is 756. The number of hydrogen-bond acceptors (Lipinski definition) is 4. The van der Waals surface area contributed by atoms with Gasteiger partial charge in [0.2, 0.25) is 0 Å². The molecule has 0 aromatic heterocycles. The maximum atomic E-state index is 11.8. The zero-order valence-corrected chi connectivity index (χ0v) is 15.0. The Labute approximate surface area is 158 Å². The van der Waals surface area contributed by atoms with Gasteiger partial charge in [-0.25, -0.2) is 0 Å². The number of esters is 2. The van der Waals surface area contributed by atoms with Gasteiger partial charge in [-0.1, -0.05) is 58.5 Å². The number of para-hydroxylation sites is 1. The van der Waals surface area contributed by atoms with E-state index in [1.54, 1.807) is 18.2 Å². The van der Waals surface area contributed by atoms with Gasteiger partial charge in [-0.05, 0) is 24.3 Å². The molecule has 126 valence electrons.